The van der Waals surface area contributed by atoms with Crippen LogP contribution in [0.5, 0.6) is 0 Å². The van der Waals surface area contributed by atoms with E-state index in [0.29, 0.717) is 0 Å². The quantitative estimate of drug-likeness (QED) is 0.643. The summed E-state index contributed by atoms with van der Waals surface area (Å²) in [7, 11) is 0. The van der Waals surface area contributed by atoms with E-state index in [2.05, 4.69) is 9.30 Å². The van der Waals surface area contributed by atoms with Crippen LogP contribution in [0.15, 0.2) is 65.2 Å². The van der Waals surface area contributed by atoms with E-state index in [1.807, 2.05) is 18.4 Å². The van der Waals surface area contributed by atoms with Gasteiger partial charge in [-0.25, -0.2) is 4.39 Å². The molecule has 2 nitrogen and oxygen atoms in total. The highest BCUT2D eigenvalue weighted by molar-refractivity contribution is 7.98. The fourth-order valence-corrected chi connectivity index (χ4v) is 3.86. The topological polar surface area (TPSA) is 15.6 Å². The summed E-state index contributed by atoms with van der Waals surface area (Å²) in [4.78, 5) is 2.07. The summed E-state index contributed by atoms with van der Waals surface area (Å²) in [6.45, 7) is 2.35. The van der Waals surface area contributed by atoms with Crippen molar-refractivity contribution in [3.63, 3.8) is 0 Å². The van der Waals surface area contributed by atoms with Gasteiger partial charge in [-0.1, -0.05) is 24.3 Å². The van der Waals surface area contributed by atoms with Crippen LogP contribution in [0.4, 0.5) is 13.2 Å². The first kappa shape index (κ1) is 17.9. The van der Waals surface area contributed by atoms with E-state index in [0.717, 1.165) is 41.4 Å². The van der Waals surface area contributed by atoms with Gasteiger partial charge in [0, 0.05) is 35.2 Å². The van der Waals surface area contributed by atoms with Crippen LogP contribution in [0, 0.1) is 12.7 Å². The molecule has 0 fully saturated rings. The van der Waals surface area contributed by atoms with Gasteiger partial charge in [-0.15, -0.1) is 0 Å². The number of aryl methyl sites for hydroxylation is 1. The molecule has 0 saturated carbocycles. The van der Waals surface area contributed by atoms with Crippen LogP contribution in [0.3, 0.4) is 0 Å². The van der Waals surface area contributed by atoms with Crippen molar-refractivity contribution in [1.29, 1.82) is 0 Å². The molecule has 0 saturated heterocycles. The van der Waals surface area contributed by atoms with Crippen molar-refractivity contribution in [2.75, 3.05) is 12.3 Å². The van der Waals surface area contributed by atoms with Gasteiger partial charge < -0.3 is 4.90 Å². The van der Waals surface area contributed by atoms with E-state index in [1.165, 1.54) is 37.1 Å². The molecule has 0 aliphatic carbocycles. The van der Waals surface area contributed by atoms with Gasteiger partial charge in [0.25, 0.3) is 5.92 Å². The lowest BCUT2D eigenvalue weighted by molar-refractivity contribution is 0.0427. The molecule has 0 amide bonds. The molecule has 0 aromatic heterocycles. The first-order valence-electron chi connectivity index (χ1n) is 8.57. The number of halogens is 3. The molecule has 27 heavy (non-hydrogen) atoms. The van der Waals surface area contributed by atoms with Gasteiger partial charge in [0.05, 0.1) is 0 Å². The highest BCUT2D eigenvalue weighted by atomic mass is 32.2. The maximum atomic E-state index is 14.9. The Morgan fingerprint density at radius 2 is 1.81 bits per heavy atom. The van der Waals surface area contributed by atoms with Crippen LogP contribution >= 0.6 is 11.9 Å². The zero-order valence-electron chi connectivity index (χ0n) is 14.6. The van der Waals surface area contributed by atoms with E-state index in [1.54, 1.807) is 12.1 Å². The summed E-state index contributed by atoms with van der Waals surface area (Å²) >= 11 is 1.51. The molecule has 2 heterocycles. The molecular weight excluding hydrogens is 369 g/mol. The van der Waals surface area contributed by atoms with Crippen molar-refractivity contribution < 1.29 is 13.2 Å². The van der Waals surface area contributed by atoms with Crippen LogP contribution in [0.2, 0.25) is 0 Å². The van der Waals surface area contributed by atoms with Crippen molar-refractivity contribution in [2.45, 2.75) is 12.8 Å². The molecule has 0 bridgehead atoms. The zero-order valence-corrected chi connectivity index (χ0v) is 15.4. The summed E-state index contributed by atoms with van der Waals surface area (Å²) in [5.74, 6) is -1.91. The molecule has 0 atom stereocenters. The predicted octanol–water partition coefficient (Wildman–Crippen LogP) is 5.55. The Hall–Kier alpha value is -2.47. The number of allylic oxidation sites excluding steroid dienone is 2. The third kappa shape index (κ3) is 3.30. The Bertz CT molecular complexity index is 962. The predicted molar refractivity (Wildman–Crippen MR) is 104 cm³/mol. The van der Waals surface area contributed by atoms with Crippen LogP contribution in [0.25, 0.3) is 5.57 Å². The number of hydrogen-bond donors (Lipinski definition) is 0. The van der Waals surface area contributed by atoms with Crippen LogP contribution < -0.4 is 0 Å². The number of nitrogens with zero attached hydrogens (tertiary/aromatic N) is 2. The lowest BCUT2D eigenvalue weighted by atomic mass is 9.95. The molecule has 2 aliphatic rings. The van der Waals surface area contributed by atoms with Gasteiger partial charge in [0.1, 0.15) is 11.7 Å². The second-order valence-corrected chi connectivity index (χ2v) is 7.33. The summed E-state index contributed by atoms with van der Waals surface area (Å²) < 4.78 is 47.6. The van der Waals surface area contributed by atoms with Gasteiger partial charge in [-0.3, -0.25) is 0 Å². The standard InChI is InChI=1S/C21H17F3N2S/c1-14-13-17(8-9-19(14)22)21(23,24)16-6-4-15(5-7-16)18-3-2-10-26-11-12-27-25-20(18)26/h2-10,13H,11-12H2,1H3. The molecule has 138 valence electrons. The largest absolute Gasteiger partial charge is 0.331 e. The van der Waals surface area contributed by atoms with Crippen molar-refractivity contribution >= 4 is 23.4 Å². The third-order valence-electron chi connectivity index (χ3n) is 4.70. The Morgan fingerprint density at radius 3 is 2.56 bits per heavy atom. The summed E-state index contributed by atoms with van der Waals surface area (Å²) in [5.41, 5.74) is 1.61. The summed E-state index contributed by atoms with van der Waals surface area (Å²) in [6.07, 6.45) is 5.85. The molecule has 0 spiro atoms. The minimum Gasteiger partial charge on any atom is -0.331 e. The lowest BCUT2D eigenvalue weighted by Crippen LogP contribution is -2.32. The number of hydrogen-bond acceptors (Lipinski definition) is 3. The minimum absolute atomic E-state index is 0.124. The van der Waals surface area contributed by atoms with Crippen molar-refractivity contribution in [1.82, 2.24) is 4.90 Å². The van der Waals surface area contributed by atoms with Gasteiger partial charge in [-0.2, -0.15) is 13.2 Å². The fraction of sp³-hybridized carbons (Fsp3) is 0.190. The van der Waals surface area contributed by atoms with Crippen LogP contribution in [-0.2, 0) is 5.92 Å². The van der Waals surface area contributed by atoms with Gasteiger partial charge in [0.15, 0.2) is 0 Å². The Kier molecular flexibility index (Phi) is 4.60. The molecule has 0 unspecified atom stereocenters. The monoisotopic (exact) mass is 386 g/mol. The van der Waals surface area contributed by atoms with E-state index in [4.69, 9.17) is 0 Å². The first-order valence-corrected chi connectivity index (χ1v) is 9.52. The molecule has 6 heteroatoms. The van der Waals surface area contributed by atoms with E-state index in [9.17, 15) is 13.2 Å². The smallest absolute Gasteiger partial charge is 0.298 e. The second-order valence-electron chi connectivity index (χ2n) is 6.48. The van der Waals surface area contributed by atoms with E-state index < -0.39 is 11.7 Å². The number of rotatable bonds is 3. The zero-order chi connectivity index (χ0) is 19.0. The van der Waals surface area contributed by atoms with Crippen molar-refractivity contribution in [2.24, 2.45) is 4.40 Å². The fourth-order valence-electron chi connectivity index (χ4n) is 3.16. The molecule has 2 aliphatic heterocycles. The molecule has 4 rings (SSSR count). The maximum Gasteiger partial charge on any atom is 0.298 e. The Balaban J connectivity index is 1.65. The molecule has 2 aromatic carbocycles. The molecular formula is C21H17F3N2S. The molecule has 0 N–H and O–H groups in total. The Labute approximate surface area is 160 Å². The van der Waals surface area contributed by atoms with Crippen molar-refractivity contribution in [3.8, 4) is 0 Å². The molecule has 2 aromatic rings. The third-order valence-corrected chi connectivity index (χ3v) is 5.36. The first-order chi connectivity index (χ1) is 13.0. The van der Waals surface area contributed by atoms with Gasteiger partial charge >= 0.3 is 0 Å². The summed E-state index contributed by atoms with van der Waals surface area (Å²) in [5, 5.41) is 0. The number of amidine groups is 1. The Morgan fingerprint density at radius 1 is 1.07 bits per heavy atom. The second kappa shape index (κ2) is 6.93. The lowest BCUT2D eigenvalue weighted by Gasteiger charge is -2.29. The van der Waals surface area contributed by atoms with Gasteiger partial charge in [-0.05, 0) is 60.3 Å². The van der Waals surface area contributed by atoms with Crippen LogP contribution in [0.1, 0.15) is 22.3 Å². The van der Waals surface area contributed by atoms with Crippen molar-refractivity contribution in [3.05, 3.63) is 88.9 Å². The number of fused-ring (bicyclic) bond motifs is 1. The van der Waals surface area contributed by atoms with Gasteiger partial charge in [0.2, 0.25) is 0 Å². The number of alkyl halides is 2. The highest BCUT2D eigenvalue weighted by Gasteiger charge is 2.34. The minimum atomic E-state index is -3.19. The SMILES string of the molecule is Cc1cc(C(F)(F)c2ccc(C3=CC=CN4CCSN=C34)cc2)ccc1F. The summed E-state index contributed by atoms with van der Waals surface area (Å²) in [6, 6.07) is 9.64. The van der Waals surface area contributed by atoms with E-state index in [-0.39, 0.29) is 16.7 Å². The normalized spacial score (nSPS) is 16.7. The number of benzene rings is 2. The van der Waals surface area contributed by atoms with E-state index >= 15 is 0 Å². The van der Waals surface area contributed by atoms with Crippen LogP contribution in [-0.4, -0.2) is 23.0 Å². The average molecular weight is 386 g/mol. The molecule has 0 radical (unpaired) electrons. The maximum absolute atomic E-state index is 14.9. The average Bonchev–Trinajstić information content (AvgIpc) is 2.69. The highest BCUT2D eigenvalue weighted by Crippen LogP contribution is 2.37.